The van der Waals surface area contributed by atoms with Gasteiger partial charge in [0.15, 0.2) is 0 Å². The first kappa shape index (κ1) is 16.3. The molecule has 1 heterocycles. The topological polar surface area (TPSA) is 45.9 Å². The summed E-state index contributed by atoms with van der Waals surface area (Å²) in [7, 11) is 1.62. The summed E-state index contributed by atoms with van der Waals surface area (Å²) in [5.41, 5.74) is 3.22. The normalized spacial score (nSPS) is 11.1. The molecular formula is C19H13ClN2OS. The van der Waals surface area contributed by atoms with Crippen LogP contribution in [-0.4, -0.2) is 12.1 Å². The van der Waals surface area contributed by atoms with Crippen LogP contribution >= 0.6 is 22.9 Å². The molecule has 0 spiro atoms. The van der Waals surface area contributed by atoms with Crippen molar-refractivity contribution < 1.29 is 4.74 Å². The Morgan fingerprint density at radius 1 is 1.25 bits per heavy atom. The van der Waals surface area contributed by atoms with Crippen LogP contribution in [0.15, 0.2) is 53.9 Å². The molecule has 0 N–H and O–H groups in total. The predicted octanol–water partition coefficient (Wildman–Crippen LogP) is 5.54. The van der Waals surface area contributed by atoms with Crippen LogP contribution in [0.3, 0.4) is 0 Å². The van der Waals surface area contributed by atoms with Crippen LogP contribution in [0.2, 0.25) is 5.02 Å². The van der Waals surface area contributed by atoms with Crippen molar-refractivity contribution in [2.45, 2.75) is 0 Å². The zero-order valence-corrected chi connectivity index (χ0v) is 14.4. The van der Waals surface area contributed by atoms with Crippen LogP contribution in [0.4, 0.5) is 0 Å². The van der Waals surface area contributed by atoms with Crippen molar-refractivity contribution in [3.63, 3.8) is 0 Å². The molecule has 24 heavy (non-hydrogen) atoms. The molecule has 2 aromatic carbocycles. The monoisotopic (exact) mass is 352 g/mol. The minimum Gasteiger partial charge on any atom is -0.497 e. The van der Waals surface area contributed by atoms with Gasteiger partial charge in [0.1, 0.15) is 16.8 Å². The van der Waals surface area contributed by atoms with Gasteiger partial charge in [-0.05, 0) is 35.9 Å². The fourth-order valence-corrected chi connectivity index (χ4v) is 3.11. The highest BCUT2D eigenvalue weighted by Crippen LogP contribution is 2.28. The first-order valence-corrected chi connectivity index (χ1v) is 8.43. The molecule has 0 aliphatic carbocycles. The molecule has 0 aliphatic heterocycles. The van der Waals surface area contributed by atoms with Gasteiger partial charge in [-0.25, -0.2) is 4.98 Å². The molecule has 5 heteroatoms. The lowest BCUT2D eigenvalue weighted by Gasteiger charge is -2.01. The second-order valence-corrected chi connectivity index (χ2v) is 6.29. The van der Waals surface area contributed by atoms with E-state index in [9.17, 15) is 5.26 Å². The molecule has 0 saturated carbocycles. The van der Waals surface area contributed by atoms with Gasteiger partial charge in [0.25, 0.3) is 0 Å². The van der Waals surface area contributed by atoms with E-state index in [1.54, 1.807) is 7.11 Å². The molecule has 0 radical (unpaired) electrons. The number of ether oxygens (including phenoxy) is 1. The third-order valence-corrected chi connectivity index (χ3v) is 4.53. The Bertz CT molecular complexity index is 923. The van der Waals surface area contributed by atoms with Crippen molar-refractivity contribution in [3.05, 3.63) is 69.5 Å². The highest BCUT2D eigenvalue weighted by molar-refractivity contribution is 7.11. The first-order chi connectivity index (χ1) is 11.7. The Morgan fingerprint density at radius 3 is 2.75 bits per heavy atom. The second-order valence-electron chi connectivity index (χ2n) is 4.99. The first-order valence-electron chi connectivity index (χ1n) is 7.17. The summed E-state index contributed by atoms with van der Waals surface area (Å²) in [5.74, 6) is 0.752. The minimum atomic E-state index is 0.522. The van der Waals surface area contributed by atoms with E-state index in [-0.39, 0.29) is 0 Å². The van der Waals surface area contributed by atoms with E-state index in [1.165, 1.54) is 11.3 Å². The Hall–Kier alpha value is -2.61. The highest BCUT2D eigenvalue weighted by Gasteiger charge is 2.09. The van der Waals surface area contributed by atoms with Crippen molar-refractivity contribution in [1.82, 2.24) is 4.98 Å². The van der Waals surface area contributed by atoms with Crippen LogP contribution in [0, 0.1) is 11.3 Å². The average molecular weight is 353 g/mol. The number of allylic oxidation sites excluding steroid dienone is 1. The van der Waals surface area contributed by atoms with Gasteiger partial charge < -0.3 is 4.74 Å². The second kappa shape index (κ2) is 7.31. The van der Waals surface area contributed by atoms with E-state index in [2.05, 4.69) is 11.1 Å². The zero-order chi connectivity index (χ0) is 16.9. The third kappa shape index (κ3) is 3.65. The van der Waals surface area contributed by atoms with E-state index >= 15 is 0 Å². The van der Waals surface area contributed by atoms with Crippen molar-refractivity contribution in [2.75, 3.05) is 7.11 Å². The number of thiazole rings is 1. The van der Waals surface area contributed by atoms with Gasteiger partial charge in [-0.2, -0.15) is 5.26 Å². The average Bonchev–Trinajstić information content (AvgIpc) is 3.10. The van der Waals surface area contributed by atoms with Crippen LogP contribution in [0.25, 0.3) is 22.9 Å². The maximum atomic E-state index is 9.48. The number of nitriles is 1. The number of hydrogen-bond acceptors (Lipinski definition) is 4. The van der Waals surface area contributed by atoms with Crippen molar-refractivity contribution in [1.29, 1.82) is 5.26 Å². The van der Waals surface area contributed by atoms with Gasteiger partial charge >= 0.3 is 0 Å². The molecule has 1 aromatic heterocycles. The van der Waals surface area contributed by atoms with Crippen LogP contribution < -0.4 is 4.74 Å². The van der Waals surface area contributed by atoms with Gasteiger partial charge in [0.2, 0.25) is 0 Å². The molecule has 3 rings (SSSR count). The third-order valence-electron chi connectivity index (χ3n) is 3.40. The van der Waals surface area contributed by atoms with E-state index in [1.807, 2.05) is 60.0 Å². The molecule has 118 valence electrons. The number of hydrogen-bond donors (Lipinski definition) is 0. The molecular weight excluding hydrogens is 340 g/mol. The standard InChI is InChI=1S/C19H13ClN2OS/c1-23-17-4-2-3-13(10-17)9-15(11-21)19-22-18(12-24-19)14-5-7-16(20)8-6-14/h2-10,12H,1H3/b15-9+. The van der Waals surface area contributed by atoms with Crippen LogP contribution in [0.5, 0.6) is 5.75 Å². The lowest BCUT2D eigenvalue weighted by molar-refractivity contribution is 0.414. The summed E-state index contributed by atoms with van der Waals surface area (Å²) < 4.78 is 5.21. The smallest absolute Gasteiger partial charge is 0.134 e. The van der Waals surface area contributed by atoms with E-state index in [0.717, 1.165) is 22.6 Å². The summed E-state index contributed by atoms with van der Waals surface area (Å²) in [6, 6.07) is 17.3. The lowest BCUT2D eigenvalue weighted by Crippen LogP contribution is -1.85. The Labute approximate surface area is 149 Å². The Balaban J connectivity index is 1.93. The van der Waals surface area contributed by atoms with Gasteiger partial charge in [-0.15, -0.1) is 11.3 Å². The fraction of sp³-hybridized carbons (Fsp3) is 0.0526. The maximum absolute atomic E-state index is 9.48. The molecule has 0 atom stereocenters. The molecule has 0 fully saturated rings. The highest BCUT2D eigenvalue weighted by atomic mass is 35.5. The number of rotatable bonds is 4. The van der Waals surface area contributed by atoms with Gasteiger partial charge in [-0.3, -0.25) is 0 Å². The summed E-state index contributed by atoms with van der Waals surface area (Å²) in [6.07, 6.45) is 1.81. The number of nitrogens with zero attached hydrogens (tertiary/aromatic N) is 2. The van der Waals surface area contributed by atoms with Crippen LogP contribution in [0.1, 0.15) is 10.6 Å². The van der Waals surface area contributed by atoms with Crippen LogP contribution in [-0.2, 0) is 0 Å². The zero-order valence-electron chi connectivity index (χ0n) is 12.9. The van der Waals surface area contributed by atoms with Gasteiger partial charge in [-0.1, -0.05) is 35.9 Å². The molecule has 0 amide bonds. The number of aromatic nitrogens is 1. The summed E-state index contributed by atoms with van der Waals surface area (Å²) in [6.45, 7) is 0. The van der Waals surface area contributed by atoms with Crippen molar-refractivity contribution in [3.8, 4) is 23.1 Å². The Kier molecular flexibility index (Phi) is 4.95. The van der Waals surface area contributed by atoms with Crippen molar-refractivity contribution in [2.24, 2.45) is 0 Å². The largest absolute Gasteiger partial charge is 0.497 e. The molecule has 0 aliphatic rings. The quantitative estimate of drug-likeness (QED) is 0.579. The van der Waals surface area contributed by atoms with E-state index in [0.29, 0.717) is 15.6 Å². The number of methoxy groups -OCH3 is 1. The molecule has 3 nitrogen and oxygen atoms in total. The predicted molar refractivity (Wildman–Crippen MR) is 99.0 cm³/mol. The SMILES string of the molecule is COc1cccc(/C=C(\C#N)c2nc(-c3ccc(Cl)cc3)cs2)c1. The van der Waals surface area contributed by atoms with E-state index in [4.69, 9.17) is 16.3 Å². The van der Waals surface area contributed by atoms with Crippen molar-refractivity contribution >= 4 is 34.6 Å². The number of benzene rings is 2. The molecule has 0 unspecified atom stereocenters. The minimum absolute atomic E-state index is 0.522. The van der Waals surface area contributed by atoms with Gasteiger partial charge in [0.05, 0.1) is 18.4 Å². The number of halogens is 1. The molecule has 3 aromatic rings. The summed E-state index contributed by atoms with van der Waals surface area (Å²) in [5, 5.41) is 12.8. The summed E-state index contributed by atoms with van der Waals surface area (Å²) in [4.78, 5) is 4.57. The Morgan fingerprint density at radius 2 is 2.04 bits per heavy atom. The maximum Gasteiger partial charge on any atom is 0.134 e. The fourth-order valence-electron chi connectivity index (χ4n) is 2.19. The molecule has 0 bridgehead atoms. The van der Waals surface area contributed by atoms with Gasteiger partial charge in [0, 0.05) is 16.0 Å². The summed E-state index contributed by atoms with van der Waals surface area (Å²) >= 11 is 7.36. The lowest BCUT2D eigenvalue weighted by atomic mass is 10.1. The molecule has 0 saturated heterocycles. The van der Waals surface area contributed by atoms with E-state index < -0.39 is 0 Å².